The molecule has 2 N–H and O–H groups in total. The lowest BCUT2D eigenvalue weighted by Gasteiger charge is -2.19. The van der Waals surface area contributed by atoms with Gasteiger partial charge < -0.3 is 10.4 Å². The predicted octanol–water partition coefficient (Wildman–Crippen LogP) is 1.40. The SMILES string of the molecule is CC(C)C1(CNC(=O)CCC(=O)O)CC1. The van der Waals surface area contributed by atoms with Crippen LogP contribution in [0, 0.1) is 11.3 Å². The van der Waals surface area contributed by atoms with Crippen molar-refractivity contribution in [3.63, 3.8) is 0 Å². The summed E-state index contributed by atoms with van der Waals surface area (Å²) < 4.78 is 0. The number of hydrogen-bond donors (Lipinski definition) is 2. The van der Waals surface area contributed by atoms with Crippen LogP contribution in [-0.2, 0) is 9.59 Å². The Bertz CT molecular complexity index is 257. The number of carbonyl (C=O) groups is 2. The summed E-state index contributed by atoms with van der Waals surface area (Å²) in [5, 5.41) is 11.2. The fraction of sp³-hybridized carbons (Fsp3) is 0.818. The van der Waals surface area contributed by atoms with Crippen molar-refractivity contribution in [2.75, 3.05) is 6.54 Å². The lowest BCUT2D eigenvalue weighted by molar-refractivity contribution is -0.138. The molecule has 1 rings (SSSR count). The zero-order valence-corrected chi connectivity index (χ0v) is 9.38. The van der Waals surface area contributed by atoms with E-state index >= 15 is 0 Å². The molecule has 0 heterocycles. The van der Waals surface area contributed by atoms with Gasteiger partial charge in [0, 0.05) is 13.0 Å². The number of rotatable bonds is 6. The summed E-state index contributed by atoms with van der Waals surface area (Å²) in [4.78, 5) is 21.5. The predicted molar refractivity (Wildman–Crippen MR) is 56.4 cm³/mol. The molecule has 0 atom stereocenters. The highest BCUT2D eigenvalue weighted by molar-refractivity contribution is 5.80. The van der Waals surface area contributed by atoms with E-state index in [-0.39, 0.29) is 18.7 Å². The van der Waals surface area contributed by atoms with Gasteiger partial charge in [-0.3, -0.25) is 9.59 Å². The summed E-state index contributed by atoms with van der Waals surface area (Å²) in [6.07, 6.45) is 2.35. The molecule has 0 saturated heterocycles. The fourth-order valence-corrected chi connectivity index (χ4v) is 1.70. The molecule has 1 amide bonds. The Kier molecular flexibility index (Phi) is 3.72. The first kappa shape index (κ1) is 12.0. The molecular formula is C11H19NO3. The number of nitrogens with one attached hydrogen (secondary N) is 1. The van der Waals surface area contributed by atoms with Gasteiger partial charge in [0.1, 0.15) is 0 Å². The van der Waals surface area contributed by atoms with Crippen molar-refractivity contribution in [2.45, 2.75) is 39.5 Å². The van der Waals surface area contributed by atoms with Gasteiger partial charge in [0.15, 0.2) is 0 Å². The van der Waals surface area contributed by atoms with Crippen LogP contribution in [0.4, 0.5) is 0 Å². The zero-order valence-electron chi connectivity index (χ0n) is 9.38. The smallest absolute Gasteiger partial charge is 0.303 e. The molecule has 0 aliphatic heterocycles. The van der Waals surface area contributed by atoms with Gasteiger partial charge in [0.2, 0.25) is 5.91 Å². The lowest BCUT2D eigenvalue weighted by Crippen LogP contribution is -2.32. The molecule has 1 fully saturated rings. The van der Waals surface area contributed by atoms with Crippen molar-refractivity contribution in [1.82, 2.24) is 5.32 Å². The van der Waals surface area contributed by atoms with E-state index in [1.165, 1.54) is 12.8 Å². The second kappa shape index (κ2) is 4.64. The highest BCUT2D eigenvalue weighted by Crippen LogP contribution is 2.51. The van der Waals surface area contributed by atoms with E-state index in [1.54, 1.807) is 0 Å². The second-order valence-electron chi connectivity index (χ2n) is 4.69. The van der Waals surface area contributed by atoms with Crippen LogP contribution in [0.3, 0.4) is 0 Å². The zero-order chi connectivity index (χ0) is 11.5. The highest BCUT2D eigenvalue weighted by atomic mass is 16.4. The third kappa shape index (κ3) is 3.53. The average Bonchev–Trinajstić information content (AvgIpc) is 2.92. The second-order valence-corrected chi connectivity index (χ2v) is 4.69. The maximum atomic E-state index is 11.3. The third-order valence-electron chi connectivity index (χ3n) is 3.32. The summed E-state index contributed by atoms with van der Waals surface area (Å²) in [5.41, 5.74) is 0.291. The van der Waals surface area contributed by atoms with E-state index in [0.717, 1.165) is 0 Å². The number of aliphatic carboxylic acids is 1. The maximum absolute atomic E-state index is 11.3. The van der Waals surface area contributed by atoms with E-state index < -0.39 is 5.97 Å². The van der Waals surface area contributed by atoms with Crippen LogP contribution >= 0.6 is 0 Å². The van der Waals surface area contributed by atoms with Crippen LogP contribution in [0.25, 0.3) is 0 Å². The number of carboxylic acids is 1. The monoisotopic (exact) mass is 213 g/mol. The Labute approximate surface area is 90.0 Å². The van der Waals surface area contributed by atoms with Crippen molar-refractivity contribution >= 4 is 11.9 Å². The van der Waals surface area contributed by atoms with Crippen molar-refractivity contribution in [2.24, 2.45) is 11.3 Å². The van der Waals surface area contributed by atoms with Crippen molar-refractivity contribution in [1.29, 1.82) is 0 Å². The molecule has 0 aromatic carbocycles. The summed E-state index contributed by atoms with van der Waals surface area (Å²) >= 11 is 0. The first-order chi connectivity index (χ1) is 6.96. The molecule has 86 valence electrons. The Morgan fingerprint density at radius 1 is 1.33 bits per heavy atom. The molecule has 15 heavy (non-hydrogen) atoms. The van der Waals surface area contributed by atoms with Crippen LogP contribution in [0.1, 0.15) is 39.5 Å². The van der Waals surface area contributed by atoms with E-state index in [9.17, 15) is 9.59 Å². The summed E-state index contributed by atoms with van der Waals surface area (Å²) in [6.45, 7) is 5.02. The lowest BCUT2D eigenvalue weighted by atomic mass is 9.92. The molecular weight excluding hydrogens is 194 g/mol. The standard InChI is InChI=1S/C11H19NO3/c1-8(2)11(5-6-11)7-12-9(13)3-4-10(14)15/h8H,3-7H2,1-2H3,(H,12,13)(H,14,15). The van der Waals surface area contributed by atoms with Crippen LogP contribution in [0.5, 0.6) is 0 Å². The average molecular weight is 213 g/mol. The van der Waals surface area contributed by atoms with E-state index in [0.29, 0.717) is 17.9 Å². The van der Waals surface area contributed by atoms with E-state index in [1.807, 2.05) is 0 Å². The molecule has 1 saturated carbocycles. The maximum Gasteiger partial charge on any atom is 0.303 e. The van der Waals surface area contributed by atoms with Crippen LogP contribution in [0.15, 0.2) is 0 Å². The highest BCUT2D eigenvalue weighted by Gasteiger charge is 2.45. The van der Waals surface area contributed by atoms with Gasteiger partial charge in [-0.25, -0.2) is 0 Å². The van der Waals surface area contributed by atoms with Gasteiger partial charge in [-0.1, -0.05) is 13.8 Å². The van der Waals surface area contributed by atoms with E-state index in [4.69, 9.17) is 5.11 Å². The Balaban J connectivity index is 2.20. The van der Waals surface area contributed by atoms with Gasteiger partial charge in [0.05, 0.1) is 6.42 Å². The van der Waals surface area contributed by atoms with Crippen molar-refractivity contribution in [3.05, 3.63) is 0 Å². The molecule has 4 heteroatoms. The number of amides is 1. The molecule has 0 aromatic rings. The van der Waals surface area contributed by atoms with Gasteiger partial charge in [0.25, 0.3) is 0 Å². The van der Waals surface area contributed by atoms with Gasteiger partial charge in [-0.05, 0) is 24.2 Å². The first-order valence-electron chi connectivity index (χ1n) is 5.45. The topological polar surface area (TPSA) is 66.4 Å². The first-order valence-corrected chi connectivity index (χ1v) is 5.45. The normalized spacial score (nSPS) is 17.5. The minimum absolute atomic E-state index is 0.0828. The Morgan fingerprint density at radius 2 is 1.93 bits per heavy atom. The molecule has 0 unspecified atom stereocenters. The van der Waals surface area contributed by atoms with Crippen molar-refractivity contribution in [3.8, 4) is 0 Å². The van der Waals surface area contributed by atoms with Gasteiger partial charge in [-0.2, -0.15) is 0 Å². The molecule has 4 nitrogen and oxygen atoms in total. The molecule has 0 aromatic heterocycles. The minimum atomic E-state index is -0.921. The number of hydrogen-bond acceptors (Lipinski definition) is 2. The molecule has 0 bridgehead atoms. The molecule has 1 aliphatic carbocycles. The summed E-state index contributed by atoms with van der Waals surface area (Å²) in [5.74, 6) is -0.489. The third-order valence-corrected chi connectivity index (χ3v) is 3.32. The van der Waals surface area contributed by atoms with Gasteiger partial charge >= 0.3 is 5.97 Å². The molecule has 0 radical (unpaired) electrons. The van der Waals surface area contributed by atoms with Crippen molar-refractivity contribution < 1.29 is 14.7 Å². The fourth-order valence-electron chi connectivity index (χ4n) is 1.70. The summed E-state index contributed by atoms with van der Waals surface area (Å²) in [7, 11) is 0. The Morgan fingerprint density at radius 3 is 2.33 bits per heavy atom. The summed E-state index contributed by atoms with van der Waals surface area (Å²) in [6, 6.07) is 0. The van der Waals surface area contributed by atoms with Gasteiger partial charge in [-0.15, -0.1) is 0 Å². The quantitative estimate of drug-likeness (QED) is 0.701. The van der Waals surface area contributed by atoms with E-state index in [2.05, 4.69) is 19.2 Å². The largest absolute Gasteiger partial charge is 0.481 e. The Hall–Kier alpha value is -1.06. The van der Waals surface area contributed by atoms with Crippen LogP contribution in [0.2, 0.25) is 0 Å². The minimum Gasteiger partial charge on any atom is -0.481 e. The number of carbonyl (C=O) groups excluding carboxylic acids is 1. The van der Waals surface area contributed by atoms with Crippen LogP contribution in [-0.4, -0.2) is 23.5 Å². The van der Waals surface area contributed by atoms with Crippen LogP contribution < -0.4 is 5.32 Å². The molecule has 1 aliphatic rings. The number of carboxylic acid groups (broad SMARTS) is 1. The molecule has 0 spiro atoms.